The number of non-ortho nitro benzene ring substituents is 1. The summed E-state index contributed by atoms with van der Waals surface area (Å²) >= 11 is 12.0. The fraction of sp³-hybridized carbons (Fsp3) is 0.111. The Balaban J connectivity index is 2.39. The number of nitro benzene ring substituents is 1. The number of methoxy groups -OCH3 is 2. The van der Waals surface area contributed by atoms with E-state index >= 15 is 0 Å². The standard InChI is InChI=1S/C18H13Cl2N3O5/c1-27-13-3-4-16(28-2)10(6-13)5-11(9-21)18(24)22-17-14(19)7-12(23(25)26)8-15(17)20/h3-8H,1-2H3,(H,22,24)/b11-5+. The zero-order chi connectivity index (χ0) is 20.8. The summed E-state index contributed by atoms with van der Waals surface area (Å²) in [6.07, 6.45) is 1.31. The van der Waals surface area contributed by atoms with Crippen LogP contribution in [0.15, 0.2) is 35.9 Å². The first kappa shape index (κ1) is 21.0. The van der Waals surface area contributed by atoms with Crippen LogP contribution in [-0.2, 0) is 4.79 Å². The highest BCUT2D eigenvalue weighted by Gasteiger charge is 2.19. The number of carbonyl (C=O) groups excluding carboxylic acids is 1. The van der Waals surface area contributed by atoms with E-state index in [4.69, 9.17) is 32.7 Å². The van der Waals surface area contributed by atoms with Crippen molar-refractivity contribution in [2.24, 2.45) is 0 Å². The largest absolute Gasteiger partial charge is 0.497 e. The summed E-state index contributed by atoms with van der Waals surface area (Å²) in [7, 11) is 2.92. The molecule has 28 heavy (non-hydrogen) atoms. The minimum Gasteiger partial charge on any atom is -0.497 e. The summed E-state index contributed by atoms with van der Waals surface area (Å²) < 4.78 is 10.3. The molecular weight excluding hydrogens is 409 g/mol. The van der Waals surface area contributed by atoms with Crippen molar-refractivity contribution in [3.8, 4) is 17.6 Å². The molecule has 0 saturated carbocycles. The molecule has 1 N–H and O–H groups in total. The Morgan fingerprint density at radius 1 is 1.21 bits per heavy atom. The molecule has 0 spiro atoms. The van der Waals surface area contributed by atoms with Gasteiger partial charge in [-0.15, -0.1) is 0 Å². The molecule has 0 fully saturated rings. The number of nitrogens with one attached hydrogen (secondary N) is 1. The predicted octanol–water partition coefficient (Wildman–Crippen LogP) is 4.46. The summed E-state index contributed by atoms with van der Waals surface area (Å²) in [5.41, 5.74) is -0.200. The molecule has 0 aliphatic rings. The lowest BCUT2D eigenvalue weighted by molar-refractivity contribution is -0.384. The van der Waals surface area contributed by atoms with Crippen molar-refractivity contribution in [3.05, 3.63) is 61.6 Å². The van der Waals surface area contributed by atoms with Crippen molar-refractivity contribution >= 4 is 46.6 Å². The van der Waals surface area contributed by atoms with Crippen molar-refractivity contribution in [3.63, 3.8) is 0 Å². The second-order valence-corrected chi connectivity index (χ2v) is 6.09. The van der Waals surface area contributed by atoms with Gasteiger partial charge in [-0.2, -0.15) is 5.26 Å². The Kier molecular flexibility index (Phi) is 6.82. The van der Waals surface area contributed by atoms with Crippen LogP contribution in [0.2, 0.25) is 10.0 Å². The first-order valence-electron chi connectivity index (χ1n) is 7.59. The lowest BCUT2D eigenvalue weighted by Gasteiger charge is -2.10. The number of ether oxygens (including phenoxy) is 2. The average Bonchev–Trinajstić information content (AvgIpc) is 2.68. The van der Waals surface area contributed by atoms with Crippen molar-refractivity contribution < 1.29 is 19.2 Å². The second-order valence-electron chi connectivity index (χ2n) is 5.27. The normalized spacial score (nSPS) is 10.8. The van der Waals surface area contributed by atoms with Gasteiger partial charge in [0, 0.05) is 17.7 Å². The number of rotatable bonds is 6. The van der Waals surface area contributed by atoms with Crippen LogP contribution in [0.5, 0.6) is 11.5 Å². The molecule has 0 bridgehead atoms. The Morgan fingerprint density at radius 2 is 1.86 bits per heavy atom. The van der Waals surface area contributed by atoms with Gasteiger partial charge in [-0.1, -0.05) is 23.2 Å². The van der Waals surface area contributed by atoms with Crippen LogP contribution in [0.25, 0.3) is 6.08 Å². The molecule has 0 aromatic heterocycles. The van der Waals surface area contributed by atoms with Crippen LogP contribution < -0.4 is 14.8 Å². The smallest absolute Gasteiger partial charge is 0.272 e. The molecule has 0 saturated heterocycles. The maximum Gasteiger partial charge on any atom is 0.272 e. The van der Waals surface area contributed by atoms with Gasteiger partial charge in [0.15, 0.2) is 0 Å². The second kappa shape index (κ2) is 9.08. The molecule has 0 aliphatic heterocycles. The molecule has 144 valence electrons. The van der Waals surface area contributed by atoms with E-state index in [0.717, 1.165) is 12.1 Å². The maximum absolute atomic E-state index is 12.5. The lowest BCUT2D eigenvalue weighted by atomic mass is 10.1. The SMILES string of the molecule is COc1ccc(OC)c(/C=C(\C#N)C(=O)Nc2c(Cl)cc([N+](=O)[O-])cc2Cl)c1. The molecule has 2 aromatic carbocycles. The van der Waals surface area contributed by atoms with E-state index in [1.165, 1.54) is 20.3 Å². The number of halogens is 2. The number of hydrogen-bond acceptors (Lipinski definition) is 6. The quantitative estimate of drug-likeness (QED) is 0.318. The molecule has 0 heterocycles. The molecule has 0 atom stereocenters. The topological polar surface area (TPSA) is 114 Å². The molecule has 2 aromatic rings. The highest BCUT2D eigenvalue weighted by Crippen LogP contribution is 2.35. The molecule has 10 heteroatoms. The fourth-order valence-electron chi connectivity index (χ4n) is 2.22. The van der Waals surface area contributed by atoms with Gasteiger partial charge in [-0.3, -0.25) is 14.9 Å². The monoisotopic (exact) mass is 421 g/mol. The fourth-order valence-corrected chi connectivity index (χ4v) is 2.79. The third kappa shape index (κ3) is 4.71. The lowest BCUT2D eigenvalue weighted by Crippen LogP contribution is -2.14. The van der Waals surface area contributed by atoms with Gasteiger partial charge in [-0.25, -0.2) is 0 Å². The number of hydrogen-bond donors (Lipinski definition) is 1. The molecule has 1 amide bonds. The number of nitrogens with zero attached hydrogens (tertiary/aromatic N) is 2. The van der Waals surface area contributed by atoms with Crippen LogP contribution in [0.4, 0.5) is 11.4 Å². The van der Waals surface area contributed by atoms with Crippen LogP contribution in [-0.4, -0.2) is 25.1 Å². The number of anilines is 1. The number of nitriles is 1. The van der Waals surface area contributed by atoms with Crippen molar-refractivity contribution in [1.29, 1.82) is 5.26 Å². The number of benzene rings is 2. The Bertz CT molecular complexity index is 992. The molecule has 0 radical (unpaired) electrons. The van der Waals surface area contributed by atoms with Gasteiger partial charge in [0.1, 0.15) is 23.1 Å². The van der Waals surface area contributed by atoms with E-state index in [9.17, 15) is 20.2 Å². The summed E-state index contributed by atoms with van der Waals surface area (Å²) in [6, 6.07) is 8.76. The summed E-state index contributed by atoms with van der Waals surface area (Å²) in [5.74, 6) is 0.129. The Morgan fingerprint density at radius 3 is 2.36 bits per heavy atom. The van der Waals surface area contributed by atoms with Crippen LogP contribution in [0.1, 0.15) is 5.56 Å². The van der Waals surface area contributed by atoms with Crippen molar-refractivity contribution in [2.45, 2.75) is 0 Å². The average molecular weight is 422 g/mol. The third-order valence-corrected chi connectivity index (χ3v) is 4.17. The number of nitro groups is 1. The minimum atomic E-state index is -0.801. The van der Waals surface area contributed by atoms with Gasteiger partial charge in [-0.05, 0) is 24.3 Å². The van der Waals surface area contributed by atoms with Crippen LogP contribution in [0, 0.1) is 21.4 Å². The highest BCUT2D eigenvalue weighted by atomic mass is 35.5. The van der Waals surface area contributed by atoms with Gasteiger partial charge >= 0.3 is 0 Å². The summed E-state index contributed by atoms with van der Waals surface area (Å²) in [5, 5.41) is 22.3. The highest BCUT2D eigenvalue weighted by molar-refractivity contribution is 6.40. The van der Waals surface area contributed by atoms with Crippen molar-refractivity contribution in [2.75, 3.05) is 19.5 Å². The molecule has 0 aliphatic carbocycles. The van der Waals surface area contributed by atoms with Crippen molar-refractivity contribution in [1.82, 2.24) is 0 Å². The first-order chi connectivity index (χ1) is 13.3. The first-order valence-corrected chi connectivity index (χ1v) is 8.35. The van der Waals surface area contributed by atoms with Crippen LogP contribution >= 0.6 is 23.2 Å². The number of amides is 1. The van der Waals surface area contributed by atoms with E-state index in [2.05, 4.69) is 5.32 Å². The zero-order valence-electron chi connectivity index (χ0n) is 14.7. The van der Waals surface area contributed by atoms with E-state index in [1.807, 2.05) is 0 Å². The van der Waals surface area contributed by atoms with E-state index in [0.29, 0.717) is 17.1 Å². The molecule has 2 rings (SSSR count). The van der Waals surface area contributed by atoms with E-state index in [-0.39, 0.29) is 27.0 Å². The zero-order valence-corrected chi connectivity index (χ0v) is 16.2. The molecular formula is C18H13Cl2N3O5. The van der Waals surface area contributed by atoms with Gasteiger partial charge in [0.25, 0.3) is 11.6 Å². The number of carbonyl (C=O) groups is 1. The van der Waals surface area contributed by atoms with Crippen LogP contribution in [0.3, 0.4) is 0 Å². The third-order valence-electron chi connectivity index (χ3n) is 3.58. The Hall–Kier alpha value is -3.28. The minimum absolute atomic E-state index is 0.0438. The Labute approximate surface area is 170 Å². The van der Waals surface area contributed by atoms with Gasteiger partial charge < -0.3 is 14.8 Å². The van der Waals surface area contributed by atoms with E-state index in [1.54, 1.807) is 24.3 Å². The molecule has 8 nitrogen and oxygen atoms in total. The maximum atomic E-state index is 12.5. The summed E-state index contributed by atoms with van der Waals surface area (Å²) in [6.45, 7) is 0. The predicted molar refractivity (Wildman–Crippen MR) is 105 cm³/mol. The van der Waals surface area contributed by atoms with Gasteiger partial charge in [0.2, 0.25) is 0 Å². The summed E-state index contributed by atoms with van der Waals surface area (Å²) in [4.78, 5) is 22.7. The molecule has 0 unspecified atom stereocenters. The van der Waals surface area contributed by atoms with E-state index < -0.39 is 10.8 Å². The van der Waals surface area contributed by atoms with Gasteiger partial charge in [0.05, 0.1) is 34.9 Å².